The van der Waals surface area contributed by atoms with Gasteiger partial charge in [0.05, 0.1) is 0 Å². The second-order valence-electron chi connectivity index (χ2n) is 6.16. The van der Waals surface area contributed by atoms with E-state index in [-0.39, 0.29) is 0 Å². The molecule has 1 aromatic rings. The maximum Gasteiger partial charge on any atom is 0.132 e. The van der Waals surface area contributed by atoms with Crippen molar-refractivity contribution in [3.05, 3.63) is 17.6 Å². The molecule has 1 saturated heterocycles. The number of nitrogens with one attached hydrogen (secondary N) is 1. The number of likely N-dealkylation sites (tertiary alicyclic amines) is 1. The van der Waals surface area contributed by atoms with Crippen LogP contribution in [0.15, 0.2) is 6.33 Å². The maximum absolute atomic E-state index is 4.41. The fourth-order valence-electron chi connectivity index (χ4n) is 3.49. The Kier molecular flexibility index (Phi) is 4.51. The lowest BCUT2D eigenvalue weighted by Crippen LogP contribution is -2.38. The minimum absolute atomic E-state index is 0.770. The average Bonchev–Trinajstić information content (AvgIpc) is 2.94. The lowest BCUT2D eigenvalue weighted by Gasteiger charge is -2.33. The van der Waals surface area contributed by atoms with Crippen LogP contribution in [0.25, 0.3) is 0 Å². The SMILES string of the molecule is CC1CCCCN1CCCNc1ncnc2c1CCC2. The van der Waals surface area contributed by atoms with Crippen LogP contribution in [-0.4, -0.2) is 40.5 Å². The number of nitrogens with zero attached hydrogens (tertiary/aromatic N) is 3. The fourth-order valence-corrected chi connectivity index (χ4v) is 3.49. The van der Waals surface area contributed by atoms with Crippen LogP contribution in [-0.2, 0) is 12.8 Å². The van der Waals surface area contributed by atoms with Crippen LogP contribution in [0.4, 0.5) is 5.82 Å². The highest BCUT2D eigenvalue weighted by atomic mass is 15.2. The van der Waals surface area contributed by atoms with E-state index in [2.05, 4.69) is 27.1 Å². The minimum atomic E-state index is 0.770. The molecule has 1 N–H and O–H groups in total. The molecule has 0 bridgehead atoms. The first-order valence-electron chi connectivity index (χ1n) is 8.15. The highest BCUT2D eigenvalue weighted by Crippen LogP contribution is 2.25. The van der Waals surface area contributed by atoms with Gasteiger partial charge in [-0.05, 0) is 52.0 Å². The zero-order chi connectivity index (χ0) is 13.8. The lowest BCUT2D eigenvalue weighted by molar-refractivity contribution is 0.160. The standard InChI is InChI=1S/C16H26N4/c1-13-6-2-3-10-20(13)11-5-9-17-16-14-7-4-8-15(14)18-12-19-16/h12-13H,2-11H2,1H3,(H,17,18,19). The molecule has 1 atom stereocenters. The Labute approximate surface area is 122 Å². The first kappa shape index (κ1) is 13.8. The molecule has 0 radical (unpaired) electrons. The molecular weight excluding hydrogens is 248 g/mol. The Morgan fingerprint density at radius 2 is 2.20 bits per heavy atom. The summed E-state index contributed by atoms with van der Waals surface area (Å²) in [5, 5.41) is 3.52. The van der Waals surface area contributed by atoms with E-state index in [1.807, 2.05) is 0 Å². The molecule has 0 spiro atoms. The second-order valence-corrected chi connectivity index (χ2v) is 6.16. The summed E-state index contributed by atoms with van der Waals surface area (Å²) < 4.78 is 0. The smallest absolute Gasteiger partial charge is 0.132 e. The summed E-state index contributed by atoms with van der Waals surface area (Å²) in [4.78, 5) is 11.4. The van der Waals surface area contributed by atoms with Crippen LogP contribution in [0, 0.1) is 0 Å². The molecule has 4 heteroatoms. The monoisotopic (exact) mass is 274 g/mol. The van der Waals surface area contributed by atoms with E-state index in [1.165, 1.54) is 56.5 Å². The molecule has 1 unspecified atom stereocenters. The highest BCUT2D eigenvalue weighted by molar-refractivity contribution is 5.47. The number of aromatic nitrogens is 2. The van der Waals surface area contributed by atoms with Gasteiger partial charge in [0.1, 0.15) is 12.1 Å². The third-order valence-electron chi connectivity index (χ3n) is 4.73. The summed E-state index contributed by atoms with van der Waals surface area (Å²) in [6, 6.07) is 0.770. The summed E-state index contributed by atoms with van der Waals surface area (Å²) in [6.45, 7) is 5.88. The van der Waals surface area contributed by atoms with Gasteiger partial charge in [0.2, 0.25) is 0 Å². The van der Waals surface area contributed by atoms with E-state index in [4.69, 9.17) is 0 Å². The molecule has 4 nitrogen and oxygen atoms in total. The Balaban J connectivity index is 1.45. The van der Waals surface area contributed by atoms with Crippen molar-refractivity contribution in [1.29, 1.82) is 0 Å². The maximum atomic E-state index is 4.41. The highest BCUT2D eigenvalue weighted by Gasteiger charge is 2.18. The van der Waals surface area contributed by atoms with Crippen molar-refractivity contribution in [1.82, 2.24) is 14.9 Å². The zero-order valence-electron chi connectivity index (χ0n) is 12.6. The van der Waals surface area contributed by atoms with Gasteiger partial charge in [0.25, 0.3) is 0 Å². The van der Waals surface area contributed by atoms with E-state index >= 15 is 0 Å². The van der Waals surface area contributed by atoms with Gasteiger partial charge in [-0.2, -0.15) is 0 Å². The molecule has 1 aromatic heterocycles. The van der Waals surface area contributed by atoms with Crippen LogP contribution in [0.3, 0.4) is 0 Å². The molecule has 1 fully saturated rings. The number of fused-ring (bicyclic) bond motifs is 1. The molecule has 2 aliphatic rings. The van der Waals surface area contributed by atoms with Crippen molar-refractivity contribution in [2.45, 2.75) is 57.9 Å². The number of anilines is 1. The van der Waals surface area contributed by atoms with E-state index in [1.54, 1.807) is 6.33 Å². The van der Waals surface area contributed by atoms with E-state index in [0.29, 0.717) is 0 Å². The van der Waals surface area contributed by atoms with E-state index in [0.717, 1.165) is 31.2 Å². The topological polar surface area (TPSA) is 41.0 Å². The predicted octanol–water partition coefficient (Wildman–Crippen LogP) is 2.64. The molecule has 0 saturated carbocycles. The van der Waals surface area contributed by atoms with E-state index in [9.17, 15) is 0 Å². The molecule has 20 heavy (non-hydrogen) atoms. The summed E-state index contributed by atoms with van der Waals surface area (Å²) >= 11 is 0. The molecule has 2 heterocycles. The summed E-state index contributed by atoms with van der Waals surface area (Å²) in [6.07, 6.45) is 10.5. The van der Waals surface area contributed by atoms with E-state index < -0.39 is 0 Å². The number of hydrogen-bond acceptors (Lipinski definition) is 4. The normalized spacial score (nSPS) is 22.8. The summed E-state index contributed by atoms with van der Waals surface area (Å²) in [5.41, 5.74) is 2.62. The number of hydrogen-bond donors (Lipinski definition) is 1. The number of aryl methyl sites for hydroxylation is 1. The van der Waals surface area contributed by atoms with Crippen molar-refractivity contribution in [3.8, 4) is 0 Å². The van der Waals surface area contributed by atoms with Crippen molar-refractivity contribution in [3.63, 3.8) is 0 Å². The van der Waals surface area contributed by atoms with Gasteiger partial charge < -0.3 is 10.2 Å². The van der Waals surface area contributed by atoms with Gasteiger partial charge in [0.15, 0.2) is 0 Å². The van der Waals surface area contributed by atoms with Crippen molar-refractivity contribution in [2.24, 2.45) is 0 Å². The summed E-state index contributed by atoms with van der Waals surface area (Å²) in [5.74, 6) is 1.08. The van der Waals surface area contributed by atoms with Gasteiger partial charge in [-0.25, -0.2) is 9.97 Å². The van der Waals surface area contributed by atoms with Crippen LogP contribution < -0.4 is 5.32 Å². The van der Waals surface area contributed by atoms with Crippen molar-refractivity contribution < 1.29 is 0 Å². The fraction of sp³-hybridized carbons (Fsp3) is 0.750. The largest absolute Gasteiger partial charge is 0.370 e. The van der Waals surface area contributed by atoms with Crippen molar-refractivity contribution >= 4 is 5.82 Å². The quantitative estimate of drug-likeness (QED) is 0.838. The van der Waals surface area contributed by atoms with Gasteiger partial charge in [0, 0.05) is 30.4 Å². The van der Waals surface area contributed by atoms with Gasteiger partial charge in [-0.1, -0.05) is 6.42 Å². The molecule has 3 rings (SSSR count). The van der Waals surface area contributed by atoms with Gasteiger partial charge in [-0.15, -0.1) is 0 Å². The van der Waals surface area contributed by atoms with Gasteiger partial charge in [-0.3, -0.25) is 0 Å². The Morgan fingerprint density at radius 3 is 3.10 bits per heavy atom. The van der Waals surface area contributed by atoms with Crippen LogP contribution in [0.5, 0.6) is 0 Å². The third-order valence-corrected chi connectivity index (χ3v) is 4.73. The molecular formula is C16H26N4. The average molecular weight is 274 g/mol. The first-order valence-corrected chi connectivity index (χ1v) is 8.15. The Bertz CT molecular complexity index is 446. The first-order chi connectivity index (χ1) is 9.84. The summed E-state index contributed by atoms with van der Waals surface area (Å²) in [7, 11) is 0. The lowest BCUT2D eigenvalue weighted by atomic mass is 10.0. The molecule has 1 aliphatic heterocycles. The molecule has 110 valence electrons. The Morgan fingerprint density at radius 1 is 1.25 bits per heavy atom. The third kappa shape index (κ3) is 3.11. The number of piperidine rings is 1. The van der Waals surface area contributed by atoms with Gasteiger partial charge >= 0.3 is 0 Å². The molecule has 1 aliphatic carbocycles. The second kappa shape index (κ2) is 6.53. The van der Waals surface area contributed by atoms with Crippen LogP contribution >= 0.6 is 0 Å². The van der Waals surface area contributed by atoms with Crippen LogP contribution in [0.1, 0.15) is 50.3 Å². The Hall–Kier alpha value is -1.16. The van der Waals surface area contributed by atoms with Crippen LogP contribution in [0.2, 0.25) is 0 Å². The zero-order valence-corrected chi connectivity index (χ0v) is 12.6. The molecule has 0 aromatic carbocycles. The minimum Gasteiger partial charge on any atom is -0.370 e. The molecule has 0 amide bonds. The van der Waals surface area contributed by atoms with Crippen molar-refractivity contribution in [2.75, 3.05) is 25.0 Å². The number of rotatable bonds is 5. The predicted molar refractivity (Wildman–Crippen MR) is 82.0 cm³/mol.